The Balaban J connectivity index is 1.19. The van der Waals surface area contributed by atoms with Gasteiger partial charge in [-0.25, -0.2) is 9.78 Å². The maximum Gasteiger partial charge on any atom is 0.422 e. The highest BCUT2D eigenvalue weighted by Crippen LogP contribution is 2.48. The van der Waals surface area contributed by atoms with Crippen molar-refractivity contribution in [1.29, 1.82) is 0 Å². The number of benzene rings is 2. The van der Waals surface area contributed by atoms with Gasteiger partial charge in [-0.3, -0.25) is 14.4 Å². The summed E-state index contributed by atoms with van der Waals surface area (Å²) >= 11 is 6.01. The molecule has 278 valence electrons. The summed E-state index contributed by atoms with van der Waals surface area (Å²) in [5.41, 5.74) is 0.838. The van der Waals surface area contributed by atoms with E-state index in [1.165, 1.54) is 49.7 Å². The average molecular weight is 758 g/mol. The van der Waals surface area contributed by atoms with Gasteiger partial charge in [-0.1, -0.05) is 23.7 Å². The zero-order valence-electron chi connectivity index (χ0n) is 27.7. The second-order valence-corrected chi connectivity index (χ2v) is 11.9. The number of hydrogen-bond donors (Lipinski definition) is 6. The molecular weight excluding hydrogens is 727 g/mol. The van der Waals surface area contributed by atoms with Crippen LogP contribution in [0.15, 0.2) is 66.9 Å². The topological polar surface area (TPSA) is 219 Å². The summed E-state index contributed by atoms with van der Waals surface area (Å²) in [6.07, 6.45) is -2.09. The number of alkyl halides is 3. The van der Waals surface area contributed by atoms with Crippen LogP contribution < -0.4 is 36.1 Å². The summed E-state index contributed by atoms with van der Waals surface area (Å²) in [6, 6.07) is 13.6. The van der Waals surface area contributed by atoms with E-state index in [1.54, 1.807) is 12.1 Å². The van der Waals surface area contributed by atoms with Crippen LogP contribution in [-0.2, 0) is 19.9 Å². The standard InChI is InChI=1S/C33H31ClF3N9O7/c1-52-27-22(3-2-15-39-27)41-26(49)25(48)38-16-12-23(28(50)51)42-24(47)18-4-10-21(11-5-18)40-29-43-30(45-31(44-29)53-17-33(35,36)37)46-32(13-14-32)19-6-8-20(34)9-7-19/h2-11,15,23H,12-14,16-17H2,1H3,(H,38,48)(H,41,49)(H,42,47)(H,50,51)(H2,40,43,44,45,46)/t23-/m0/s1. The summed E-state index contributed by atoms with van der Waals surface area (Å²) in [6.45, 7) is -1.91. The minimum atomic E-state index is -4.65. The van der Waals surface area contributed by atoms with Crippen LogP contribution >= 0.6 is 11.6 Å². The Labute approximate surface area is 303 Å². The van der Waals surface area contributed by atoms with E-state index in [-0.39, 0.29) is 42.0 Å². The number of nitrogens with one attached hydrogen (secondary N) is 5. The highest BCUT2D eigenvalue weighted by Gasteiger charge is 2.45. The number of nitrogens with zero attached hydrogens (tertiary/aromatic N) is 4. The fourth-order valence-electron chi connectivity index (χ4n) is 4.84. The summed E-state index contributed by atoms with van der Waals surface area (Å²) in [4.78, 5) is 65.4. The Morgan fingerprint density at radius 2 is 1.66 bits per heavy atom. The van der Waals surface area contributed by atoms with Crippen molar-refractivity contribution < 1.29 is 46.9 Å². The van der Waals surface area contributed by atoms with Crippen molar-refractivity contribution in [3.8, 4) is 11.9 Å². The molecular formula is C33H31ClF3N9O7. The quantitative estimate of drug-likeness (QED) is 0.0945. The molecule has 20 heteroatoms. The van der Waals surface area contributed by atoms with Crippen molar-refractivity contribution in [3.63, 3.8) is 0 Å². The molecule has 4 aromatic rings. The lowest BCUT2D eigenvalue weighted by molar-refractivity contribution is -0.154. The van der Waals surface area contributed by atoms with E-state index in [9.17, 15) is 37.5 Å². The van der Waals surface area contributed by atoms with Crippen molar-refractivity contribution in [3.05, 3.63) is 83.0 Å². The predicted octanol–water partition coefficient (Wildman–Crippen LogP) is 4.04. The predicted molar refractivity (Wildman–Crippen MR) is 183 cm³/mol. The van der Waals surface area contributed by atoms with E-state index in [0.717, 1.165) is 5.56 Å². The van der Waals surface area contributed by atoms with E-state index in [2.05, 4.69) is 46.5 Å². The highest BCUT2D eigenvalue weighted by atomic mass is 35.5. The first-order valence-electron chi connectivity index (χ1n) is 15.7. The maximum atomic E-state index is 12.9. The Hall–Kier alpha value is -6.24. The first kappa shape index (κ1) is 38.0. The normalized spacial score (nSPS) is 13.5. The molecule has 5 rings (SSSR count). The lowest BCUT2D eigenvalue weighted by atomic mass is 10.1. The van der Waals surface area contributed by atoms with Crippen LogP contribution in [0, 0.1) is 0 Å². The van der Waals surface area contributed by atoms with Gasteiger partial charge in [0.25, 0.3) is 5.91 Å². The van der Waals surface area contributed by atoms with Crippen LogP contribution in [0.5, 0.6) is 11.9 Å². The summed E-state index contributed by atoms with van der Waals surface area (Å²) in [5, 5.41) is 23.2. The molecule has 6 N–H and O–H groups in total. The van der Waals surface area contributed by atoms with Crippen molar-refractivity contribution in [2.45, 2.75) is 37.0 Å². The SMILES string of the molecule is COc1ncccc1NC(=O)C(=O)NCC[C@H](NC(=O)c1ccc(Nc2nc(NC3(c4ccc(Cl)cc4)CC3)nc(OCC(F)(F)F)n2)cc1)C(=O)O. The van der Waals surface area contributed by atoms with Gasteiger partial charge in [0.2, 0.25) is 17.8 Å². The minimum Gasteiger partial charge on any atom is -0.480 e. The van der Waals surface area contributed by atoms with Gasteiger partial charge in [0.1, 0.15) is 11.7 Å². The van der Waals surface area contributed by atoms with Gasteiger partial charge in [-0.15, -0.1) is 0 Å². The first-order chi connectivity index (χ1) is 25.2. The number of aliphatic carboxylic acids is 1. The summed E-state index contributed by atoms with van der Waals surface area (Å²) in [7, 11) is 1.33. The molecule has 0 spiro atoms. The Morgan fingerprint density at radius 1 is 0.962 bits per heavy atom. The molecule has 1 aliphatic rings. The Bertz CT molecular complexity index is 1970. The van der Waals surface area contributed by atoms with Crippen LogP contribution in [0.2, 0.25) is 5.02 Å². The van der Waals surface area contributed by atoms with Gasteiger partial charge in [0.15, 0.2) is 6.61 Å². The molecule has 0 unspecified atom stereocenters. The second kappa shape index (κ2) is 16.4. The van der Waals surface area contributed by atoms with Crippen LogP contribution in [0.1, 0.15) is 35.2 Å². The molecule has 2 heterocycles. The van der Waals surface area contributed by atoms with E-state index >= 15 is 0 Å². The molecule has 2 aromatic heterocycles. The number of hydrogen-bond acceptors (Lipinski definition) is 12. The minimum absolute atomic E-state index is 0.0478. The molecule has 1 saturated carbocycles. The number of aromatic nitrogens is 4. The van der Waals surface area contributed by atoms with E-state index in [1.807, 2.05) is 12.1 Å². The number of carboxylic acid groups (broad SMARTS) is 1. The van der Waals surface area contributed by atoms with E-state index in [0.29, 0.717) is 23.6 Å². The molecule has 1 aliphatic carbocycles. The largest absolute Gasteiger partial charge is 0.480 e. The summed E-state index contributed by atoms with van der Waals surface area (Å²) in [5.74, 6) is -4.37. The maximum absolute atomic E-state index is 12.9. The third kappa shape index (κ3) is 10.6. The van der Waals surface area contributed by atoms with Gasteiger partial charge in [-0.05, 0) is 73.4 Å². The van der Waals surface area contributed by atoms with E-state index in [4.69, 9.17) is 21.1 Å². The monoisotopic (exact) mass is 757 g/mol. The fraction of sp³-hybridized carbons (Fsp3) is 0.273. The number of carboxylic acids is 1. The number of methoxy groups -OCH3 is 1. The fourth-order valence-corrected chi connectivity index (χ4v) is 4.97. The molecule has 1 atom stereocenters. The number of amides is 3. The zero-order valence-corrected chi connectivity index (χ0v) is 28.4. The Morgan fingerprint density at radius 3 is 2.30 bits per heavy atom. The molecule has 3 amide bonds. The zero-order chi connectivity index (χ0) is 38.2. The smallest absolute Gasteiger partial charge is 0.422 e. The van der Waals surface area contributed by atoms with Crippen LogP contribution in [-0.4, -0.2) is 81.2 Å². The van der Waals surface area contributed by atoms with Crippen molar-refractivity contribution >= 4 is 58.6 Å². The van der Waals surface area contributed by atoms with Gasteiger partial charge in [0, 0.05) is 29.0 Å². The number of anilines is 4. The van der Waals surface area contributed by atoms with Crippen molar-refractivity contribution in [2.24, 2.45) is 0 Å². The van der Waals surface area contributed by atoms with Crippen LogP contribution in [0.25, 0.3) is 0 Å². The molecule has 2 aromatic carbocycles. The van der Waals surface area contributed by atoms with Gasteiger partial charge in [0.05, 0.1) is 12.6 Å². The van der Waals surface area contributed by atoms with Crippen LogP contribution in [0.4, 0.5) is 36.4 Å². The number of carbonyl (C=O) groups is 4. The van der Waals surface area contributed by atoms with Gasteiger partial charge >= 0.3 is 30.0 Å². The molecule has 1 fully saturated rings. The molecule has 0 aliphatic heterocycles. The number of pyridine rings is 1. The number of halogens is 4. The van der Waals surface area contributed by atoms with Gasteiger partial charge < -0.3 is 41.2 Å². The second-order valence-electron chi connectivity index (χ2n) is 11.5. The van der Waals surface area contributed by atoms with Crippen molar-refractivity contribution in [1.82, 2.24) is 30.6 Å². The Kier molecular flexibility index (Phi) is 11.8. The molecule has 53 heavy (non-hydrogen) atoms. The van der Waals surface area contributed by atoms with E-state index < -0.39 is 54.1 Å². The van der Waals surface area contributed by atoms with Crippen molar-refractivity contribution in [2.75, 3.05) is 36.2 Å². The number of rotatable bonds is 15. The molecule has 0 bridgehead atoms. The molecule has 0 saturated heterocycles. The number of ether oxygens (including phenoxy) is 2. The highest BCUT2D eigenvalue weighted by molar-refractivity contribution is 6.39. The molecule has 16 nitrogen and oxygen atoms in total. The van der Waals surface area contributed by atoms with Gasteiger partial charge in [-0.2, -0.15) is 28.1 Å². The third-order valence-corrected chi connectivity index (χ3v) is 7.87. The third-order valence-electron chi connectivity index (χ3n) is 7.62. The van der Waals surface area contributed by atoms with Crippen LogP contribution in [0.3, 0.4) is 0 Å². The lowest BCUT2D eigenvalue weighted by Crippen LogP contribution is -2.44. The molecule has 0 radical (unpaired) electrons. The average Bonchev–Trinajstić information content (AvgIpc) is 3.90. The number of carbonyl (C=O) groups excluding carboxylic acids is 3. The summed E-state index contributed by atoms with van der Waals surface area (Å²) < 4.78 is 48.6. The first-order valence-corrected chi connectivity index (χ1v) is 16.1. The lowest BCUT2D eigenvalue weighted by Gasteiger charge is -2.19.